The standard InChI is InChI=1S/C13H14N2S/c1-10-5-4-8-15-12(10)9-16-13-7-3-2-6-11(13)14/h2-8H,9,14H2,1H3. The van der Waals surface area contributed by atoms with E-state index in [9.17, 15) is 0 Å². The maximum atomic E-state index is 5.88. The molecule has 0 unspecified atom stereocenters. The highest BCUT2D eigenvalue weighted by Gasteiger charge is 2.02. The molecule has 1 aromatic carbocycles. The summed E-state index contributed by atoms with van der Waals surface area (Å²) in [6, 6.07) is 12.0. The van der Waals surface area contributed by atoms with Crippen molar-refractivity contribution in [3.63, 3.8) is 0 Å². The third kappa shape index (κ3) is 2.55. The summed E-state index contributed by atoms with van der Waals surface area (Å²) in [6.07, 6.45) is 1.83. The second-order valence-electron chi connectivity index (χ2n) is 3.59. The lowest BCUT2D eigenvalue weighted by Gasteiger charge is -2.06. The Labute approximate surface area is 99.9 Å². The molecule has 0 amide bonds. The van der Waals surface area contributed by atoms with Crippen molar-refractivity contribution in [1.82, 2.24) is 4.98 Å². The molecular weight excluding hydrogens is 216 g/mol. The fraction of sp³-hybridized carbons (Fsp3) is 0.154. The number of rotatable bonds is 3. The van der Waals surface area contributed by atoms with E-state index in [4.69, 9.17) is 5.73 Å². The number of benzene rings is 1. The van der Waals surface area contributed by atoms with Gasteiger partial charge in [-0.25, -0.2) is 0 Å². The molecule has 0 aliphatic carbocycles. The van der Waals surface area contributed by atoms with Gasteiger partial charge in [0.2, 0.25) is 0 Å². The van der Waals surface area contributed by atoms with Gasteiger partial charge in [-0.05, 0) is 30.7 Å². The first kappa shape index (κ1) is 11.0. The molecule has 0 aliphatic heterocycles. The first-order chi connectivity index (χ1) is 7.77. The number of para-hydroxylation sites is 1. The molecule has 2 aromatic rings. The molecular formula is C13H14N2S. The van der Waals surface area contributed by atoms with Gasteiger partial charge >= 0.3 is 0 Å². The van der Waals surface area contributed by atoms with Crippen LogP contribution in [-0.4, -0.2) is 4.98 Å². The van der Waals surface area contributed by atoms with Gasteiger partial charge in [0.1, 0.15) is 0 Å². The van der Waals surface area contributed by atoms with Crippen LogP contribution >= 0.6 is 11.8 Å². The summed E-state index contributed by atoms with van der Waals surface area (Å²) in [5.74, 6) is 0.862. The second kappa shape index (κ2) is 5.03. The van der Waals surface area contributed by atoms with Crippen LogP contribution in [0.5, 0.6) is 0 Å². The number of aryl methyl sites for hydroxylation is 1. The Morgan fingerprint density at radius 1 is 1.19 bits per heavy atom. The topological polar surface area (TPSA) is 38.9 Å². The number of hydrogen-bond acceptors (Lipinski definition) is 3. The predicted octanol–water partition coefficient (Wildman–Crippen LogP) is 3.26. The second-order valence-corrected chi connectivity index (χ2v) is 4.61. The lowest BCUT2D eigenvalue weighted by atomic mass is 10.2. The van der Waals surface area contributed by atoms with Crippen LogP contribution in [-0.2, 0) is 5.75 Å². The highest BCUT2D eigenvalue weighted by molar-refractivity contribution is 7.98. The first-order valence-electron chi connectivity index (χ1n) is 5.15. The van der Waals surface area contributed by atoms with Gasteiger partial charge in [-0.3, -0.25) is 4.98 Å². The number of thioether (sulfide) groups is 1. The van der Waals surface area contributed by atoms with Crippen LogP contribution in [0.4, 0.5) is 5.69 Å². The largest absolute Gasteiger partial charge is 0.398 e. The van der Waals surface area contributed by atoms with E-state index in [2.05, 4.69) is 18.0 Å². The minimum Gasteiger partial charge on any atom is -0.398 e. The SMILES string of the molecule is Cc1cccnc1CSc1ccccc1N. The number of aromatic nitrogens is 1. The Bertz CT molecular complexity index is 437. The summed E-state index contributed by atoms with van der Waals surface area (Å²) < 4.78 is 0. The van der Waals surface area contributed by atoms with Crippen molar-refractivity contribution in [2.24, 2.45) is 0 Å². The maximum absolute atomic E-state index is 5.88. The van der Waals surface area contributed by atoms with Gasteiger partial charge in [0.25, 0.3) is 0 Å². The number of hydrogen-bond donors (Lipinski definition) is 1. The Balaban J connectivity index is 2.09. The van der Waals surface area contributed by atoms with E-state index in [1.165, 1.54) is 5.56 Å². The fourth-order valence-electron chi connectivity index (χ4n) is 1.43. The Kier molecular flexibility index (Phi) is 3.47. The predicted molar refractivity (Wildman–Crippen MR) is 69.4 cm³/mol. The van der Waals surface area contributed by atoms with Crippen molar-refractivity contribution in [3.8, 4) is 0 Å². The number of anilines is 1. The van der Waals surface area contributed by atoms with E-state index in [1.807, 2.05) is 36.5 Å². The molecule has 0 bridgehead atoms. The molecule has 2 nitrogen and oxygen atoms in total. The molecule has 0 aliphatic rings. The molecule has 1 heterocycles. The van der Waals surface area contributed by atoms with Crippen LogP contribution in [0, 0.1) is 6.92 Å². The van der Waals surface area contributed by atoms with Crippen molar-refractivity contribution in [3.05, 3.63) is 53.9 Å². The van der Waals surface area contributed by atoms with Gasteiger partial charge in [-0.1, -0.05) is 18.2 Å². The summed E-state index contributed by atoms with van der Waals surface area (Å²) in [5.41, 5.74) is 9.06. The summed E-state index contributed by atoms with van der Waals surface area (Å²) in [7, 11) is 0. The minimum absolute atomic E-state index is 0.834. The number of pyridine rings is 1. The zero-order chi connectivity index (χ0) is 11.4. The third-order valence-electron chi connectivity index (χ3n) is 2.40. The Morgan fingerprint density at radius 3 is 2.75 bits per heavy atom. The van der Waals surface area contributed by atoms with Gasteiger partial charge in [0.05, 0.1) is 5.69 Å². The molecule has 0 saturated heterocycles. The van der Waals surface area contributed by atoms with Crippen LogP contribution in [0.2, 0.25) is 0 Å². The average Bonchev–Trinajstić information content (AvgIpc) is 2.30. The van der Waals surface area contributed by atoms with Crippen molar-refractivity contribution in [2.45, 2.75) is 17.6 Å². The zero-order valence-electron chi connectivity index (χ0n) is 9.18. The van der Waals surface area contributed by atoms with Crippen molar-refractivity contribution in [1.29, 1.82) is 0 Å². The maximum Gasteiger partial charge on any atom is 0.0535 e. The number of nitrogens with zero attached hydrogens (tertiary/aromatic N) is 1. The zero-order valence-corrected chi connectivity index (χ0v) is 10.00. The van der Waals surface area contributed by atoms with Crippen molar-refractivity contribution in [2.75, 3.05) is 5.73 Å². The van der Waals surface area contributed by atoms with E-state index in [0.29, 0.717) is 0 Å². The van der Waals surface area contributed by atoms with Crippen LogP contribution in [0.1, 0.15) is 11.3 Å². The van der Waals surface area contributed by atoms with Gasteiger partial charge < -0.3 is 5.73 Å². The molecule has 2 N–H and O–H groups in total. The molecule has 0 radical (unpaired) electrons. The molecule has 0 fully saturated rings. The third-order valence-corrected chi connectivity index (χ3v) is 3.50. The normalized spacial score (nSPS) is 10.3. The summed E-state index contributed by atoms with van der Waals surface area (Å²) in [5, 5.41) is 0. The van der Waals surface area contributed by atoms with Crippen LogP contribution in [0.3, 0.4) is 0 Å². The smallest absolute Gasteiger partial charge is 0.0535 e. The molecule has 1 aromatic heterocycles. The average molecular weight is 230 g/mol. The van der Waals surface area contributed by atoms with Crippen molar-refractivity contribution >= 4 is 17.4 Å². The Morgan fingerprint density at radius 2 is 2.00 bits per heavy atom. The quantitative estimate of drug-likeness (QED) is 0.649. The Hall–Kier alpha value is -1.48. The lowest BCUT2D eigenvalue weighted by molar-refractivity contribution is 1.13. The molecule has 0 saturated carbocycles. The molecule has 0 atom stereocenters. The summed E-state index contributed by atoms with van der Waals surface area (Å²) in [6.45, 7) is 2.08. The van der Waals surface area contributed by atoms with Crippen LogP contribution in [0.15, 0.2) is 47.5 Å². The highest BCUT2D eigenvalue weighted by Crippen LogP contribution is 2.27. The monoisotopic (exact) mass is 230 g/mol. The summed E-state index contributed by atoms with van der Waals surface area (Å²) in [4.78, 5) is 5.48. The van der Waals surface area contributed by atoms with Gasteiger partial charge in [-0.2, -0.15) is 0 Å². The van der Waals surface area contributed by atoms with Crippen LogP contribution < -0.4 is 5.73 Å². The first-order valence-corrected chi connectivity index (χ1v) is 6.14. The van der Waals surface area contributed by atoms with E-state index >= 15 is 0 Å². The van der Waals surface area contributed by atoms with Crippen LogP contribution in [0.25, 0.3) is 0 Å². The van der Waals surface area contributed by atoms with E-state index in [-0.39, 0.29) is 0 Å². The van der Waals surface area contributed by atoms with Gasteiger partial charge in [0, 0.05) is 22.5 Å². The van der Waals surface area contributed by atoms with Gasteiger partial charge in [0.15, 0.2) is 0 Å². The van der Waals surface area contributed by atoms with E-state index < -0.39 is 0 Å². The molecule has 2 rings (SSSR count). The lowest BCUT2D eigenvalue weighted by Crippen LogP contribution is -1.92. The molecule has 0 spiro atoms. The molecule has 3 heteroatoms. The minimum atomic E-state index is 0.834. The van der Waals surface area contributed by atoms with Crippen molar-refractivity contribution < 1.29 is 0 Å². The molecule has 82 valence electrons. The molecule has 16 heavy (non-hydrogen) atoms. The number of nitrogen functional groups attached to an aromatic ring is 1. The number of nitrogens with two attached hydrogens (primary N) is 1. The summed E-state index contributed by atoms with van der Waals surface area (Å²) >= 11 is 1.73. The van der Waals surface area contributed by atoms with Gasteiger partial charge in [-0.15, -0.1) is 11.8 Å². The van der Waals surface area contributed by atoms with E-state index in [1.54, 1.807) is 11.8 Å². The van der Waals surface area contributed by atoms with E-state index in [0.717, 1.165) is 22.0 Å². The highest BCUT2D eigenvalue weighted by atomic mass is 32.2. The fourth-order valence-corrected chi connectivity index (χ4v) is 2.43.